The Labute approximate surface area is 111 Å². The summed E-state index contributed by atoms with van der Waals surface area (Å²) in [5.41, 5.74) is 0.749. The lowest BCUT2D eigenvalue weighted by Gasteiger charge is -1.94. The van der Waals surface area contributed by atoms with Gasteiger partial charge in [0.1, 0.15) is 0 Å². The first kappa shape index (κ1) is 12.8. The summed E-state index contributed by atoms with van der Waals surface area (Å²) in [5, 5.41) is 15.8. The molecular formula is C13H15N6+. The molecule has 2 aromatic heterocycles. The molecule has 0 amide bonds. The molecule has 6 heteroatoms. The van der Waals surface area contributed by atoms with Crippen molar-refractivity contribution in [3.05, 3.63) is 54.3 Å². The maximum atomic E-state index is 4.03. The summed E-state index contributed by atoms with van der Waals surface area (Å²) in [4.78, 5) is 0. The zero-order valence-electron chi connectivity index (χ0n) is 10.9. The number of hydrogen-bond acceptors (Lipinski definition) is 3. The molecule has 2 rings (SSSR count). The molecular weight excluding hydrogens is 240 g/mol. The quantitative estimate of drug-likeness (QED) is 0.262. The Kier molecular flexibility index (Phi) is 4.28. The molecule has 0 bridgehead atoms. The maximum absolute atomic E-state index is 4.03. The Morgan fingerprint density at radius 2 is 2.00 bits per heavy atom. The lowest BCUT2D eigenvalue weighted by atomic mass is 10.4. The molecule has 0 N–H and O–H groups in total. The highest BCUT2D eigenvalue weighted by Gasteiger charge is 2.01. The Morgan fingerprint density at radius 3 is 2.79 bits per heavy atom. The Balaban J connectivity index is 2.08. The van der Waals surface area contributed by atoms with E-state index in [-0.39, 0.29) is 0 Å². The third-order valence-electron chi connectivity index (χ3n) is 2.48. The van der Waals surface area contributed by atoms with E-state index in [1.807, 2.05) is 72.0 Å². The van der Waals surface area contributed by atoms with Crippen LogP contribution in [0.3, 0.4) is 0 Å². The van der Waals surface area contributed by atoms with Crippen LogP contribution in [0.5, 0.6) is 0 Å². The number of aromatic nitrogens is 2. The highest BCUT2D eigenvalue weighted by atomic mass is 15.3. The van der Waals surface area contributed by atoms with Crippen molar-refractivity contribution in [1.82, 2.24) is 4.57 Å². The van der Waals surface area contributed by atoms with Crippen LogP contribution >= 0.6 is 0 Å². The fraction of sp³-hybridized carbons (Fsp3) is 0.154. The monoisotopic (exact) mass is 255 g/mol. The van der Waals surface area contributed by atoms with Gasteiger partial charge in [0, 0.05) is 19.3 Å². The number of azo groups is 1. The lowest BCUT2D eigenvalue weighted by molar-refractivity contribution is -0.658. The van der Waals surface area contributed by atoms with E-state index in [0.29, 0.717) is 0 Å². The molecule has 0 atom stereocenters. The molecule has 19 heavy (non-hydrogen) atoms. The summed E-state index contributed by atoms with van der Waals surface area (Å²) in [6, 6.07) is 11.4. The molecule has 96 valence electrons. The van der Waals surface area contributed by atoms with E-state index in [0.717, 1.165) is 11.3 Å². The molecule has 0 spiro atoms. The standard InChI is InChI=1S/C13H15N6/c1-18-9-5-3-7-12(18)16-14-11-15-17-13-8-4-6-10-19(13)2/h3-11H,1-2H3/q+1. The Bertz CT molecular complexity index is 669. The fourth-order valence-electron chi connectivity index (χ4n) is 1.43. The summed E-state index contributed by atoms with van der Waals surface area (Å²) >= 11 is 0. The van der Waals surface area contributed by atoms with E-state index < -0.39 is 0 Å². The predicted molar refractivity (Wildman–Crippen MR) is 71.6 cm³/mol. The molecule has 0 fully saturated rings. The van der Waals surface area contributed by atoms with Crippen molar-refractivity contribution < 1.29 is 4.57 Å². The van der Waals surface area contributed by atoms with Gasteiger partial charge in [-0.1, -0.05) is 12.1 Å². The second-order valence-electron chi connectivity index (χ2n) is 3.89. The number of rotatable bonds is 3. The SMILES string of the molecule is Cn1cccc/c1=N/N=C/N=N/c1cccc[n+]1C. The molecule has 0 aliphatic rings. The first-order valence-electron chi connectivity index (χ1n) is 5.80. The molecule has 2 aromatic rings. The van der Waals surface area contributed by atoms with Gasteiger partial charge in [-0.3, -0.25) is 0 Å². The van der Waals surface area contributed by atoms with Gasteiger partial charge in [0.05, 0.1) is 18.4 Å². The maximum Gasteiger partial charge on any atom is 0.350 e. The predicted octanol–water partition coefficient (Wildman–Crippen LogP) is 1.48. The number of hydrogen-bond donors (Lipinski definition) is 0. The number of pyridine rings is 2. The first-order valence-corrected chi connectivity index (χ1v) is 5.80. The van der Waals surface area contributed by atoms with E-state index >= 15 is 0 Å². The van der Waals surface area contributed by atoms with E-state index in [9.17, 15) is 0 Å². The number of nitrogens with zero attached hydrogens (tertiary/aromatic N) is 6. The van der Waals surface area contributed by atoms with Crippen LogP contribution in [0, 0.1) is 0 Å². The molecule has 0 aliphatic heterocycles. The molecule has 0 radical (unpaired) electrons. The van der Waals surface area contributed by atoms with Crippen molar-refractivity contribution in [1.29, 1.82) is 0 Å². The molecule has 0 aliphatic carbocycles. The minimum absolute atomic E-state index is 0.749. The summed E-state index contributed by atoms with van der Waals surface area (Å²) < 4.78 is 3.73. The topological polar surface area (TPSA) is 58.2 Å². The highest BCUT2D eigenvalue weighted by Crippen LogP contribution is 2.01. The normalized spacial score (nSPS) is 12.6. The van der Waals surface area contributed by atoms with Crippen LogP contribution in [0.15, 0.2) is 69.2 Å². The molecule has 2 heterocycles. The zero-order chi connectivity index (χ0) is 13.5. The Morgan fingerprint density at radius 1 is 1.16 bits per heavy atom. The molecule has 6 nitrogen and oxygen atoms in total. The second kappa shape index (κ2) is 6.34. The second-order valence-corrected chi connectivity index (χ2v) is 3.89. The minimum Gasteiger partial charge on any atom is -0.335 e. The highest BCUT2D eigenvalue weighted by molar-refractivity contribution is 5.54. The molecule has 0 saturated heterocycles. The first-order chi connectivity index (χ1) is 9.27. The van der Waals surface area contributed by atoms with Gasteiger partial charge >= 0.3 is 5.82 Å². The van der Waals surface area contributed by atoms with Crippen molar-refractivity contribution >= 4 is 12.2 Å². The van der Waals surface area contributed by atoms with E-state index in [2.05, 4.69) is 20.4 Å². The molecule has 0 aromatic carbocycles. The minimum atomic E-state index is 0.749. The van der Waals surface area contributed by atoms with Gasteiger partial charge in [-0.25, -0.2) is 4.57 Å². The van der Waals surface area contributed by atoms with Crippen LogP contribution in [0.1, 0.15) is 0 Å². The van der Waals surface area contributed by atoms with Crippen LogP contribution in [0.25, 0.3) is 0 Å². The molecule has 0 unspecified atom stereocenters. The number of aryl methyl sites for hydroxylation is 2. The van der Waals surface area contributed by atoms with Gasteiger partial charge in [-0.15, -0.1) is 10.2 Å². The van der Waals surface area contributed by atoms with Crippen LogP contribution in [0.4, 0.5) is 5.82 Å². The van der Waals surface area contributed by atoms with Gasteiger partial charge in [0.15, 0.2) is 11.8 Å². The lowest BCUT2D eigenvalue weighted by Crippen LogP contribution is -2.26. The van der Waals surface area contributed by atoms with Crippen LogP contribution in [0.2, 0.25) is 0 Å². The van der Waals surface area contributed by atoms with E-state index in [4.69, 9.17) is 0 Å². The van der Waals surface area contributed by atoms with Crippen LogP contribution < -0.4 is 10.1 Å². The van der Waals surface area contributed by atoms with Crippen molar-refractivity contribution in [2.75, 3.05) is 0 Å². The smallest absolute Gasteiger partial charge is 0.335 e. The zero-order valence-corrected chi connectivity index (χ0v) is 10.9. The van der Waals surface area contributed by atoms with Crippen molar-refractivity contribution in [3.63, 3.8) is 0 Å². The average molecular weight is 255 g/mol. The van der Waals surface area contributed by atoms with Crippen molar-refractivity contribution in [2.45, 2.75) is 0 Å². The van der Waals surface area contributed by atoms with Crippen LogP contribution in [-0.2, 0) is 14.1 Å². The average Bonchev–Trinajstić information content (AvgIpc) is 2.42. The van der Waals surface area contributed by atoms with Crippen molar-refractivity contribution in [3.8, 4) is 0 Å². The fourth-order valence-corrected chi connectivity index (χ4v) is 1.43. The van der Waals surface area contributed by atoms with Gasteiger partial charge in [-0.05, 0) is 23.3 Å². The van der Waals surface area contributed by atoms with Crippen molar-refractivity contribution in [2.24, 2.45) is 34.5 Å². The summed E-state index contributed by atoms with van der Waals surface area (Å²) in [7, 11) is 3.81. The summed E-state index contributed by atoms with van der Waals surface area (Å²) in [5.74, 6) is 0.749. The molecule has 0 saturated carbocycles. The van der Waals surface area contributed by atoms with Gasteiger partial charge < -0.3 is 4.57 Å². The third-order valence-corrected chi connectivity index (χ3v) is 2.48. The van der Waals surface area contributed by atoms with Gasteiger partial charge in [-0.2, -0.15) is 0 Å². The summed E-state index contributed by atoms with van der Waals surface area (Å²) in [6.45, 7) is 0. The Hall–Kier alpha value is -2.63. The van der Waals surface area contributed by atoms with E-state index in [1.54, 1.807) is 0 Å². The largest absolute Gasteiger partial charge is 0.350 e. The summed E-state index contributed by atoms with van der Waals surface area (Å²) in [6.07, 6.45) is 5.12. The van der Waals surface area contributed by atoms with E-state index in [1.165, 1.54) is 6.34 Å². The third kappa shape index (κ3) is 3.67. The van der Waals surface area contributed by atoms with Crippen LogP contribution in [-0.4, -0.2) is 10.9 Å². The van der Waals surface area contributed by atoms with Gasteiger partial charge in [0.25, 0.3) is 0 Å². The van der Waals surface area contributed by atoms with Gasteiger partial charge in [0.2, 0.25) is 0 Å².